The highest BCUT2D eigenvalue weighted by Gasteiger charge is 2.15. The first-order valence-corrected chi connectivity index (χ1v) is 8.38. The van der Waals surface area contributed by atoms with Crippen molar-refractivity contribution in [1.82, 2.24) is 10.6 Å². The summed E-state index contributed by atoms with van der Waals surface area (Å²) in [6, 6.07) is 4.87. The fourth-order valence-electron chi connectivity index (χ4n) is 2.54. The summed E-state index contributed by atoms with van der Waals surface area (Å²) in [4.78, 5) is 4.48. The van der Waals surface area contributed by atoms with E-state index in [1.54, 1.807) is 12.1 Å². The first kappa shape index (κ1) is 22.7. The van der Waals surface area contributed by atoms with Gasteiger partial charge in [-0.1, -0.05) is 6.07 Å². The lowest BCUT2D eigenvalue weighted by atomic mass is 10.2. The van der Waals surface area contributed by atoms with E-state index in [1.165, 1.54) is 13.2 Å². The Kier molecular flexibility index (Phi) is 10.6. The minimum absolute atomic E-state index is 0. The molecule has 6 nitrogen and oxygen atoms in total. The molecule has 0 bridgehead atoms. The van der Waals surface area contributed by atoms with Crippen molar-refractivity contribution in [2.24, 2.45) is 4.99 Å². The van der Waals surface area contributed by atoms with Gasteiger partial charge >= 0.3 is 6.61 Å². The highest BCUT2D eigenvalue weighted by molar-refractivity contribution is 14.0. The van der Waals surface area contributed by atoms with Crippen molar-refractivity contribution in [2.75, 3.05) is 26.8 Å². The molecule has 0 aliphatic carbocycles. The SMILES string of the molecule is CCNC(=NCc1ccc(OC)c(OC(F)F)c1)NCC1CCCO1.I. The number of ether oxygens (including phenoxy) is 3. The van der Waals surface area contributed by atoms with E-state index >= 15 is 0 Å². The first-order valence-electron chi connectivity index (χ1n) is 8.38. The molecular formula is C17H26F2IN3O3. The van der Waals surface area contributed by atoms with Crippen molar-refractivity contribution < 1.29 is 23.0 Å². The van der Waals surface area contributed by atoms with E-state index in [4.69, 9.17) is 9.47 Å². The molecule has 1 fully saturated rings. The lowest BCUT2D eigenvalue weighted by Crippen LogP contribution is -2.41. The van der Waals surface area contributed by atoms with E-state index in [0.717, 1.165) is 31.6 Å². The van der Waals surface area contributed by atoms with Gasteiger partial charge in [-0.2, -0.15) is 8.78 Å². The molecule has 1 aromatic rings. The van der Waals surface area contributed by atoms with Crippen molar-refractivity contribution in [1.29, 1.82) is 0 Å². The number of hydrogen-bond acceptors (Lipinski definition) is 4. The zero-order valence-corrected chi connectivity index (χ0v) is 17.3. The van der Waals surface area contributed by atoms with E-state index in [1.807, 2.05) is 6.92 Å². The molecule has 148 valence electrons. The van der Waals surface area contributed by atoms with Crippen LogP contribution >= 0.6 is 24.0 Å². The predicted octanol–water partition coefficient (Wildman–Crippen LogP) is 3.15. The molecule has 0 amide bonds. The minimum Gasteiger partial charge on any atom is -0.493 e. The maximum atomic E-state index is 12.5. The van der Waals surface area contributed by atoms with Crippen LogP contribution in [-0.4, -0.2) is 45.5 Å². The highest BCUT2D eigenvalue weighted by Crippen LogP contribution is 2.29. The third-order valence-corrected chi connectivity index (χ3v) is 3.73. The lowest BCUT2D eigenvalue weighted by molar-refractivity contribution is -0.0512. The lowest BCUT2D eigenvalue weighted by Gasteiger charge is -2.15. The van der Waals surface area contributed by atoms with Gasteiger partial charge in [-0.25, -0.2) is 4.99 Å². The molecule has 2 N–H and O–H groups in total. The molecule has 0 spiro atoms. The average molecular weight is 485 g/mol. The summed E-state index contributed by atoms with van der Waals surface area (Å²) in [5.41, 5.74) is 0.741. The van der Waals surface area contributed by atoms with Crippen molar-refractivity contribution in [3.63, 3.8) is 0 Å². The molecular weight excluding hydrogens is 459 g/mol. The summed E-state index contributed by atoms with van der Waals surface area (Å²) < 4.78 is 40.1. The zero-order valence-electron chi connectivity index (χ0n) is 15.0. The Hall–Kier alpha value is -1.36. The molecule has 1 saturated heterocycles. The molecule has 0 radical (unpaired) electrons. The van der Waals surface area contributed by atoms with Gasteiger partial charge in [0.15, 0.2) is 17.5 Å². The van der Waals surface area contributed by atoms with Crippen LogP contribution in [0.1, 0.15) is 25.3 Å². The second-order valence-corrected chi connectivity index (χ2v) is 5.57. The maximum absolute atomic E-state index is 12.5. The summed E-state index contributed by atoms with van der Waals surface area (Å²) in [6.45, 7) is 1.61. The van der Waals surface area contributed by atoms with Gasteiger partial charge in [0.05, 0.1) is 19.8 Å². The van der Waals surface area contributed by atoms with Gasteiger partial charge in [-0.15, -0.1) is 24.0 Å². The van der Waals surface area contributed by atoms with Gasteiger partial charge < -0.3 is 24.8 Å². The maximum Gasteiger partial charge on any atom is 0.387 e. The second kappa shape index (κ2) is 12.1. The van der Waals surface area contributed by atoms with Crippen LogP contribution in [0.4, 0.5) is 8.78 Å². The number of nitrogens with one attached hydrogen (secondary N) is 2. The number of guanidine groups is 1. The van der Waals surface area contributed by atoms with E-state index < -0.39 is 6.61 Å². The smallest absolute Gasteiger partial charge is 0.387 e. The Labute approximate surface area is 169 Å². The summed E-state index contributed by atoms with van der Waals surface area (Å²) in [7, 11) is 1.41. The van der Waals surface area contributed by atoms with Crippen LogP contribution < -0.4 is 20.1 Å². The second-order valence-electron chi connectivity index (χ2n) is 5.57. The molecule has 9 heteroatoms. The Morgan fingerprint density at radius 2 is 2.15 bits per heavy atom. The van der Waals surface area contributed by atoms with Crippen LogP contribution in [0.3, 0.4) is 0 Å². The van der Waals surface area contributed by atoms with Crippen LogP contribution in [0, 0.1) is 0 Å². The van der Waals surface area contributed by atoms with Crippen LogP contribution in [0.2, 0.25) is 0 Å². The first-order chi connectivity index (χ1) is 12.1. The predicted molar refractivity (Wildman–Crippen MR) is 107 cm³/mol. The van der Waals surface area contributed by atoms with E-state index in [-0.39, 0.29) is 41.6 Å². The van der Waals surface area contributed by atoms with Crippen LogP contribution in [0.15, 0.2) is 23.2 Å². The summed E-state index contributed by atoms with van der Waals surface area (Å²) in [6.07, 6.45) is 2.33. The van der Waals surface area contributed by atoms with Crippen LogP contribution in [0.5, 0.6) is 11.5 Å². The van der Waals surface area contributed by atoms with E-state index in [9.17, 15) is 8.78 Å². The number of nitrogens with zero attached hydrogens (tertiary/aromatic N) is 1. The monoisotopic (exact) mass is 485 g/mol. The molecule has 1 atom stereocenters. The third kappa shape index (κ3) is 7.48. The number of alkyl halides is 2. The molecule has 1 aromatic carbocycles. The summed E-state index contributed by atoms with van der Waals surface area (Å²) in [5.74, 6) is 0.920. The number of halogens is 3. The standard InChI is InChI=1S/C17H25F2N3O3.HI/c1-3-20-17(22-11-13-5-4-8-24-13)21-10-12-6-7-14(23-2)15(9-12)25-16(18)19;/h6-7,9,13,16H,3-5,8,10-11H2,1-2H3,(H2,20,21,22);1H. The fourth-order valence-corrected chi connectivity index (χ4v) is 2.54. The number of benzene rings is 1. The van der Waals surface area contributed by atoms with Crippen molar-refractivity contribution in [3.05, 3.63) is 23.8 Å². The van der Waals surface area contributed by atoms with Crippen LogP contribution in [0.25, 0.3) is 0 Å². The quantitative estimate of drug-likeness (QED) is 0.337. The number of aliphatic imine (C=N–C) groups is 1. The van der Waals surface area contributed by atoms with Crippen molar-refractivity contribution in [2.45, 2.75) is 39.0 Å². The summed E-state index contributed by atoms with van der Waals surface area (Å²) >= 11 is 0. The molecule has 1 heterocycles. The topological polar surface area (TPSA) is 64.1 Å². The molecule has 2 rings (SSSR count). The molecule has 1 unspecified atom stereocenters. The van der Waals surface area contributed by atoms with E-state index in [2.05, 4.69) is 20.4 Å². The van der Waals surface area contributed by atoms with Crippen molar-refractivity contribution >= 4 is 29.9 Å². The average Bonchev–Trinajstić information content (AvgIpc) is 3.10. The third-order valence-electron chi connectivity index (χ3n) is 3.73. The van der Waals surface area contributed by atoms with E-state index in [0.29, 0.717) is 19.0 Å². The van der Waals surface area contributed by atoms with Gasteiger partial charge in [0.1, 0.15) is 0 Å². The number of hydrogen-bond donors (Lipinski definition) is 2. The Bertz CT molecular complexity index is 570. The highest BCUT2D eigenvalue weighted by atomic mass is 127. The minimum atomic E-state index is -2.90. The van der Waals surface area contributed by atoms with Gasteiger partial charge in [-0.05, 0) is 37.5 Å². The van der Waals surface area contributed by atoms with Gasteiger partial charge in [0.2, 0.25) is 0 Å². The fraction of sp³-hybridized carbons (Fsp3) is 0.588. The number of rotatable bonds is 8. The van der Waals surface area contributed by atoms with Crippen molar-refractivity contribution in [3.8, 4) is 11.5 Å². The Morgan fingerprint density at radius 3 is 2.77 bits per heavy atom. The molecule has 0 saturated carbocycles. The Morgan fingerprint density at radius 1 is 1.35 bits per heavy atom. The molecule has 1 aliphatic heterocycles. The molecule has 1 aliphatic rings. The summed E-state index contributed by atoms with van der Waals surface area (Å²) in [5, 5.41) is 6.39. The largest absolute Gasteiger partial charge is 0.493 e. The zero-order chi connectivity index (χ0) is 18.1. The van der Waals surface area contributed by atoms with Gasteiger partial charge in [-0.3, -0.25) is 0 Å². The van der Waals surface area contributed by atoms with Gasteiger partial charge in [0.25, 0.3) is 0 Å². The molecule has 0 aromatic heterocycles. The van der Waals surface area contributed by atoms with Gasteiger partial charge in [0, 0.05) is 19.7 Å². The van der Waals surface area contributed by atoms with Crippen LogP contribution in [-0.2, 0) is 11.3 Å². The Balaban J connectivity index is 0.00000338. The molecule has 26 heavy (non-hydrogen) atoms. The number of methoxy groups -OCH3 is 1. The normalized spacial score (nSPS) is 17.0.